The summed E-state index contributed by atoms with van der Waals surface area (Å²) in [4.78, 5) is 4.84. The standard InChI is InChI=1S/C12H27N3O/c1-11(12(2,3)16)13-5-6-15-9-7-14(4)8-10-15/h11,13,16H,5-10H2,1-4H3. The molecule has 0 aliphatic carbocycles. The van der Waals surface area contributed by atoms with Crippen LogP contribution in [0.4, 0.5) is 0 Å². The molecule has 0 aromatic rings. The maximum atomic E-state index is 9.78. The van der Waals surface area contributed by atoms with E-state index in [-0.39, 0.29) is 6.04 Å². The van der Waals surface area contributed by atoms with Crippen LogP contribution in [0.1, 0.15) is 20.8 Å². The lowest BCUT2D eigenvalue weighted by Crippen LogP contribution is -2.50. The van der Waals surface area contributed by atoms with Crippen LogP contribution in [0.15, 0.2) is 0 Å². The minimum atomic E-state index is -0.637. The van der Waals surface area contributed by atoms with Crippen LogP contribution in [0.3, 0.4) is 0 Å². The van der Waals surface area contributed by atoms with Gasteiger partial charge in [-0.05, 0) is 27.8 Å². The zero-order valence-corrected chi connectivity index (χ0v) is 11.2. The molecule has 0 aromatic heterocycles. The molecule has 0 aromatic carbocycles. The maximum absolute atomic E-state index is 9.78. The molecular weight excluding hydrogens is 202 g/mol. The molecule has 16 heavy (non-hydrogen) atoms. The van der Waals surface area contributed by atoms with Crippen LogP contribution >= 0.6 is 0 Å². The number of aliphatic hydroxyl groups is 1. The first-order valence-corrected chi connectivity index (χ1v) is 6.26. The van der Waals surface area contributed by atoms with Gasteiger partial charge in [-0.3, -0.25) is 4.90 Å². The van der Waals surface area contributed by atoms with Crippen molar-refractivity contribution in [3.8, 4) is 0 Å². The van der Waals surface area contributed by atoms with E-state index in [0.717, 1.165) is 26.2 Å². The van der Waals surface area contributed by atoms with Crippen molar-refractivity contribution in [1.82, 2.24) is 15.1 Å². The second kappa shape index (κ2) is 5.96. The number of piperazine rings is 1. The monoisotopic (exact) mass is 229 g/mol. The Hall–Kier alpha value is -0.160. The lowest BCUT2D eigenvalue weighted by molar-refractivity contribution is 0.0427. The van der Waals surface area contributed by atoms with Gasteiger partial charge in [0.25, 0.3) is 0 Å². The van der Waals surface area contributed by atoms with Gasteiger partial charge in [0.2, 0.25) is 0 Å². The molecule has 1 aliphatic rings. The van der Waals surface area contributed by atoms with E-state index < -0.39 is 5.60 Å². The summed E-state index contributed by atoms with van der Waals surface area (Å²) in [5, 5.41) is 13.2. The summed E-state index contributed by atoms with van der Waals surface area (Å²) in [6, 6.07) is 0.139. The fourth-order valence-corrected chi connectivity index (χ4v) is 1.76. The van der Waals surface area contributed by atoms with Crippen LogP contribution in [0, 0.1) is 0 Å². The number of hydrogen-bond donors (Lipinski definition) is 2. The summed E-state index contributed by atoms with van der Waals surface area (Å²) in [5.74, 6) is 0. The van der Waals surface area contributed by atoms with Crippen LogP contribution < -0.4 is 5.32 Å². The number of rotatable bonds is 5. The van der Waals surface area contributed by atoms with E-state index in [1.165, 1.54) is 13.1 Å². The van der Waals surface area contributed by atoms with Gasteiger partial charge in [0.1, 0.15) is 0 Å². The summed E-state index contributed by atoms with van der Waals surface area (Å²) in [6.07, 6.45) is 0. The lowest BCUT2D eigenvalue weighted by Gasteiger charge is -2.33. The second-order valence-electron chi connectivity index (χ2n) is 5.47. The molecule has 96 valence electrons. The number of nitrogens with zero attached hydrogens (tertiary/aromatic N) is 2. The summed E-state index contributed by atoms with van der Waals surface area (Å²) < 4.78 is 0. The van der Waals surface area contributed by atoms with Gasteiger partial charge >= 0.3 is 0 Å². The highest BCUT2D eigenvalue weighted by atomic mass is 16.3. The van der Waals surface area contributed by atoms with Gasteiger partial charge in [0.05, 0.1) is 5.60 Å². The van der Waals surface area contributed by atoms with Gasteiger partial charge in [0, 0.05) is 45.3 Å². The van der Waals surface area contributed by atoms with Crippen molar-refractivity contribution in [2.75, 3.05) is 46.3 Å². The van der Waals surface area contributed by atoms with E-state index in [2.05, 4.69) is 22.2 Å². The molecule has 1 heterocycles. The van der Waals surface area contributed by atoms with Crippen LogP contribution in [0.2, 0.25) is 0 Å². The Bertz CT molecular complexity index is 195. The SMILES string of the molecule is CC(NCCN1CCN(C)CC1)C(C)(C)O. The third kappa shape index (κ3) is 4.78. The normalized spacial score (nSPS) is 22.3. The van der Waals surface area contributed by atoms with E-state index in [1.807, 2.05) is 20.8 Å². The largest absolute Gasteiger partial charge is 0.389 e. The fourth-order valence-electron chi connectivity index (χ4n) is 1.76. The molecule has 4 heteroatoms. The van der Waals surface area contributed by atoms with Gasteiger partial charge < -0.3 is 15.3 Å². The molecule has 0 spiro atoms. The predicted octanol–water partition coefficient (Wildman–Crippen LogP) is -0.0172. The van der Waals surface area contributed by atoms with Crippen molar-refractivity contribution in [2.24, 2.45) is 0 Å². The smallest absolute Gasteiger partial charge is 0.0741 e. The van der Waals surface area contributed by atoms with Crippen LogP contribution in [0.5, 0.6) is 0 Å². The summed E-state index contributed by atoms with van der Waals surface area (Å²) >= 11 is 0. The molecule has 0 radical (unpaired) electrons. The Kier molecular flexibility index (Phi) is 5.18. The van der Waals surface area contributed by atoms with Gasteiger partial charge in [-0.1, -0.05) is 0 Å². The van der Waals surface area contributed by atoms with Crippen molar-refractivity contribution in [2.45, 2.75) is 32.4 Å². The molecule has 0 saturated carbocycles. The van der Waals surface area contributed by atoms with E-state index in [9.17, 15) is 5.11 Å². The van der Waals surface area contributed by atoms with Gasteiger partial charge in [-0.2, -0.15) is 0 Å². The Labute approximate surface area is 99.6 Å². The van der Waals surface area contributed by atoms with E-state index in [1.54, 1.807) is 0 Å². The Morgan fingerprint density at radius 1 is 1.25 bits per heavy atom. The summed E-state index contributed by atoms with van der Waals surface area (Å²) in [5.41, 5.74) is -0.637. The first kappa shape index (κ1) is 13.9. The van der Waals surface area contributed by atoms with Crippen LogP contribution in [-0.4, -0.2) is 72.9 Å². The maximum Gasteiger partial charge on any atom is 0.0741 e. The number of likely N-dealkylation sites (N-methyl/N-ethyl adjacent to an activating group) is 1. The lowest BCUT2D eigenvalue weighted by atomic mass is 10.0. The third-order valence-corrected chi connectivity index (χ3v) is 3.53. The Balaban J connectivity index is 2.11. The number of nitrogens with one attached hydrogen (secondary N) is 1. The third-order valence-electron chi connectivity index (χ3n) is 3.53. The molecule has 2 N–H and O–H groups in total. The molecule has 0 amide bonds. The predicted molar refractivity (Wildman–Crippen MR) is 67.7 cm³/mol. The van der Waals surface area contributed by atoms with Gasteiger partial charge in [-0.25, -0.2) is 0 Å². The zero-order valence-electron chi connectivity index (χ0n) is 11.2. The molecule has 1 saturated heterocycles. The molecule has 1 fully saturated rings. The number of hydrogen-bond acceptors (Lipinski definition) is 4. The molecular formula is C12H27N3O. The molecule has 4 nitrogen and oxygen atoms in total. The Morgan fingerprint density at radius 2 is 1.81 bits per heavy atom. The van der Waals surface area contributed by atoms with E-state index in [4.69, 9.17) is 0 Å². The van der Waals surface area contributed by atoms with Gasteiger partial charge in [-0.15, -0.1) is 0 Å². The summed E-state index contributed by atoms with van der Waals surface area (Å²) in [7, 11) is 2.17. The summed E-state index contributed by atoms with van der Waals surface area (Å²) in [6.45, 7) is 12.4. The topological polar surface area (TPSA) is 38.7 Å². The first-order valence-electron chi connectivity index (χ1n) is 6.26. The Morgan fingerprint density at radius 3 is 2.31 bits per heavy atom. The average Bonchev–Trinajstić information content (AvgIpc) is 2.19. The zero-order chi connectivity index (χ0) is 12.2. The van der Waals surface area contributed by atoms with E-state index in [0.29, 0.717) is 0 Å². The molecule has 1 rings (SSSR count). The van der Waals surface area contributed by atoms with Gasteiger partial charge in [0.15, 0.2) is 0 Å². The highest BCUT2D eigenvalue weighted by Crippen LogP contribution is 2.07. The van der Waals surface area contributed by atoms with E-state index >= 15 is 0 Å². The molecule has 1 aliphatic heterocycles. The van der Waals surface area contributed by atoms with Crippen molar-refractivity contribution in [1.29, 1.82) is 0 Å². The van der Waals surface area contributed by atoms with Crippen molar-refractivity contribution in [3.63, 3.8) is 0 Å². The quantitative estimate of drug-likeness (QED) is 0.695. The van der Waals surface area contributed by atoms with Crippen molar-refractivity contribution >= 4 is 0 Å². The van der Waals surface area contributed by atoms with Crippen molar-refractivity contribution < 1.29 is 5.11 Å². The fraction of sp³-hybridized carbons (Fsp3) is 1.00. The highest BCUT2D eigenvalue weighted by Gasteiger charge is 2.21. The molecule has 0 bridgehead atoms. The average molecular weight is 229 g/mol. The van der Waals surface area contributed by atoms with Crippen LogP contribution in [0.25, 0.3) is 0 Å². The minimum Gasteiger partial charge on any atom is -0.389 e. The van der Waals surface area contributed by atoms with Crippen LogP contribution in [-0.2, 0) is 0 Å². The molecule has 1 unspecified atom stereocenters. The second-order valence-corrected chi connectivity index (χ2v) is 5.47. The first-order chi connectivity index (χ1) is 7.39. The van der Waals surface area contributed by atoms with Crippen molar-refractivity contribution in [3.05, 3.63) is 0 Å². The minimum absolute atomic E-state index is 0.139. The highest BCUT2D eigenvalue weighted by molar-refractivity contribution is 4.80. The molecule has 1 atom stereocenters.